The van der Waals surface area contributed by atoms with E-state index in [0.29, 0.717) is 6.10 Å². The predicted molar refractivity (Wildman–Crippen MR) is 52.2 cm³/mol. The van der Waals surface area contributed by atoms with Gasteiger partial charge in [-0.25, -0.2) is 0 Å². The Bertz CT molecular complexity index is 221. The molecule has 0 N–H and O–H groups in total. The van der Waals surface area contributed by atoms with Gasteiger partial charge in [0.25, 0.3) is 0 Å². The summed E-state index contributed by atoms with van der Waals surface area (Å²) >= 11 is 0. The fourth-order valence-electron chi connectivity index (χ4n) is 3.61. The minimum Gasteiger partial charge on any atom is -0.498 e. The second-order valence-electron chi connectivity index (χ2n) is 4.87. The maximum Gasteiger partial charge on any atom is 0.104 e. The molecule has 0 saturated heterocycles. The molecule has 4 atom stereocenters. The molecule has 3 rings (SSSR count). The van der Waals surface area contributed by atoms with E-state index in [4.69, 9.17) is 4.74 Å². The first kappa shape index (κ1) is 7.90. The molecule has 1 nitrogen and oxygen atoms in total. The van der Waals surface area contributed by atoms with E-state index in [9.17, 15) is 0 Å². The van der Waals surface area contributed by atoms with Crippen LogP contribution in [0.1, 0.15) is 38.5 Å². The highest BCUT2D eigenvalue weighted by molar-refractivity contribution is 5.03. The lowest BCUT2D eigenvalue weighted by Gasteiger charge is -2.41. The minimum atomic E-state index is 0.555. The Labute approximate surface area is 80.2 Å². The molecule has 2 fully saturated rings. The van der Waals surface area contributed by atoms with Crippen molar-refractivity contribution in [1.82, 2.24) is 0 Å². The van der Waals surface area contributed by atoms with Crippen LogP contribution in [0.3, 0.4) is 0 Å². The molecule has 0 aromatic rings. The Hall–Kier alpha value is -0.460. The van der Waals surface area contributed by atoms with Crippen molar-refractivity contribution in [3.05, 3.63) is 12.3 Å². The number of hydrogen-bond acceptors (Lipinski definition) is 1. The van der Waals surface area contributed by atoms with E-state index in [0.717, 1.165) is 17.8 Å². The van der Waals surface area contributed by atoms with Crippen LogP contribution in [0.15, 0.2) is 12.3 Å². The normalized spacial score (nSPS) is 48.0. The molecular formula is C12H18O. The molecule has 13 heavy (non-hydrogen) atoms. The third kappa shape index (κ3) is 1.20. The van der Waals surface area contributed by atoms with Crippen molar-refractivity contribution in [3.8, 4) is 0 Å². The van der Waals surface area contributed by atoms with Gasteiger partial charge >= 0.3 is 0 Å². The number of fused-ring (bicyclic) bond motifs is 3. The zero-order valence-electron chi connectivity index (χ0n) is 8.11. The van der Waals surface area contributed by atoms with E-state index in [1.54, 1.807) is 0 Å². The maximum absolute atomic E-state index is 5.63. The highest BCUT2D eigenvalue weighted by Gasteiger charge is 2.41. The average molecular weight is 178 g/mol. The van der Waals surface area contributed by atoms with Gasteiger partial charge < -0.3 is 4.74 Å². The lowest BCUT2D eigenvalue weighted by atomic mass is 9.65. The lowest BCUT2D eigenvalue weighted by Crippen LogP contribution is -2.37. The summed E-state index contributed by atoms with van der Waals surface area (Å²) in [5.74, 6) is 2.77. The number of ether oxygens (including phenoxy) is 1. The van der Waals surface area contributed by atoms with Crippen molar-refractivity contribution in [2.24, 2.45) is 17.8 Å². The van der Waals surface area contributed by atoms with Gasteiger partial charge in [-0.15, -0.1) is 0 Å². The summed E-state index contributed by atoms with van der Waals surface area (Å²) in [6.07, 6.45) is 13.4. The molecular weight excluding hydrogens is 160 g/mol. The molecule has 0 amide bonds. The molecule has 0 spiro atoms. The molecule has 1 heteroatoms. The average Bonchev–Trinajstić information content (AvgIpc) is 2.65. The SMILES string of the molecule is C1=CC2C(CCC3CCCCC32)O1. The van der Waals surface area contributed by atoms with E-state index >= 15 is 0 Å². The van der Waals surface area contributed by atoms with Gasteiger partial charge in [0.2, 0.25) is 0 Å². The van der Waals surface area contributed by atoms with Gasteiger partial charge in [0.1, 0.15) is 6.10 Å². The molecule has 2 saturated carbocycles. The van der Waals surface area contributed by atoms with Crippen molar-refractivity contribution < 1.29 is 4.74 Å². The number of hydrogen-bond donors (Lipinski definition) is 0. The van der Waals surface area contributed by atoms with Gasteiger partial charge in [-0.3, -0.25) is 0 Å². The summed E-state index contributed by atoms with van der Waals surface area (Å²) in [4.78, 5) is 0. The van der Waals surface area contributed by atoms with Crippen LogP contribution in [0.5, 0.6) is 0 Å². The van der Waals surface area contributed by atoms with Gasteiger partial charge in [0, 0.05) is 5.92 Å². The van der Waals surface area contributed by atoms with Crippen LogP contribution >= 0.6 is 0 Å². The first-order valence-electron chi connectivity index (χ1n) is 5.77. The molecule has 1 heterocycles. The molecule has 0 aromatic heterocycles. The first-order chi connectivity index (χ1) is 6.45. The van der Waals surface area contributed by atoms with Crippen LogP contribution in [-0.4, -0.2) is 6.10 Å². The fraction of sp³-hybridized carbons (Fsp3) is 0.833. The minimum absolute atomic E-state index is 0.555. The monoisotopic (exact) mass is 178 g/mol. The Morgan fingerprint density at radius 2 is 1.92 bits per heavy atom. The van der Waals surface area contributed by atoms with Crippen molar-refractivity contribution in [3.63, 3.8) is 0 Å². The zero-order valence-corrected chi connectivity index (χ0v) is 8.11. The van der Waals surface area contributed by atoms with Gasteiger partial charge in [0.15, 0.2) is 0 Å². The standard InChI is InChI=1S/C12H18O/c1-2-4-10-9(3-1)5-6-12-11(10)7-8-13-12/h7-12H,1-6H2. The third-order valence-corrected chi connectivity index (χ3v) is 4.27. The molecule has 0 aromatic carbocycles. The van der Waals surface area contributed by atoms with Gasteiger partial charge in [-0.05, 0) is 37.2 Å². The second-order valence-corrected chi connectivity index (χ2v) is 4.87. The van der Waals surface area contributed by atoms with Gasteiger partial charge in [0.05, 0.1) is 6.26 Å². The first-order valence-corrected chi connectivity index (χ1v) is 5.77. The molecule has 72 valence electrons. The molecule has 0 bridgehead atoms. The van der Waals surface area contributed by atoms with Crippen molar-refractivity contribution in [2.45, 2.75) is 44.6 Å². The van der Waals surface area contributed by atoms with Crippen LogP contribution in [0.4, 0.5) is 0 Å². The quantitative estimate of drug-likeness (QED) is 0.554. The van der Waals surface area contributed by atoms with E-state index in [2.05, 4.69) is 6.08 Å². The molecule has 2 aliphatic carbocycles. The van der Waals surface area contributed by atoms with Crippen LogP contribution in [0.25, 0.3) is 0 Å². The van der Waals surface area contributed by atoms with E-state index < -0.39 is 0 Å². The van der Waals surface area contributed by atoms with Crippen LogP contribution in [-0.2, 0) is 4.74 Å². The van der Waals surface area contributed by atoms with Crippen molar-refractivity contribution in [1.29, 1.82) is 0 Å². The highest BCUT2D eigenvalue weighted by atomic mass is 16.5. The summed E-state index contributed by atoms with van der Waals surface area (Å²) < 4.78 is 5.63. The van der Waals surface area contributed by atoms with Gasteiger partial charge in [-0.2, -0.15) is 0 Å². The summed E-state index contributed by atoms with van der Waals surface area (Å²) in [7, 11) is 0. The van der Waals surface area contributed by atoms with Crippen LogP contribution in [0, 0.1) is 17.8 Å². The Kier molecular flexibility index (Phi) is 1.85. The van der Waals surface area contributed by atoms with Crippen LogP contribution < -0.4 is 0 Å². The fourth-order valence-corrected chi connectivity index (χ4v) is 3.61. The summed E-state index contributed by atoms with van der Waals surface area (Å²) in [6.45, 7) is 0. The summed E-state index contributed by atoms with van der Waals surface area (Å²) in [5.41, 5.74) is 0. The Morgan fingerprint density at radius 3 is 2.92 bits per heavy atom. The summed E-state index contributed by atoms with van der Waals surface area (Å²) in [6, 6.07) is 0. The van der Waals surface area contributed by atoms with Crippen molar-refractivity contribution in [2.75, 3.05) is 0 Å². The second kappa shape index (κ2) is 3.04. The van der Waals surface area contributed by atoms with Crippen LogP contribution in [0.2, 0.25) is 0 Å². The lowest BCUT2D eigenvalue weighted by molar-refractivity contribution is 0.0201. The zero-order chi connectivity index (χ0) is 8.67. The summed E-state index contributed by atoms with van der Waals surface area (Å²) in [5, 5.41) is 0. The largest absolute Gasteiger partial charge is 0.498 e. The van der Waals surface area contributed by atoms with E-state index in [-0.39, 0.29) is 0 Å². The number of rotatable bonds is 0. The van der Waals surface area contributed by atoms with Gasteiger partial charge in [-0.1, -0.05) is 19.3 Å². The topological polar surface area (TPSA) is 9.23 Å². The highest BCUT2D eigenvalue weighted by Crippen LogP contribution is 2.46. The van der Waals surface area contributed by atoms with E-state index in [1.165, 1.54) is 38.5 Å². The molecule has 4 unspecified atom stereocenters. The third-order valence-electron chi connectivity index (χ3n) is 4.27. The van der Waals surface area contributed by atoms with E-state index in [1.807, 2.05) is 6.26 Å². The predicted octanol–water partition coefficient (Wildman–Crippen LogP) is 3.12. The Balaban J connectivity index is 1.80. The Morgan fingerprint density at radius 1 is 1.00 bits per heavy atom. The molecule has 1 aliphatic heterocycles. The smallest absolute Gasteiger partial charge is 0.104 e. The molecule has 3 aliphatic rings. The van der Waals surface area contributed by atoms with Crippen molar-refractivity contribution >= 4 is 0 Å². The molecule has 0 radical (unpaired) electrons. The maximum atomic E-state index is 5.63.